The quantitative estimate of drug-likeness (QED) is 0.588. The molecule has 8 heteroatoms. The molecule has 168 valence electrons. The Bertz CT molecular complexity index is 1180. The third kappa shape index (κ3) is 5.09. The summed E-state index contributed by atoms with van der Waals surface area (Å²) >= 11 is 1.56. The predicted octanol–water partition coefficient (Wildman–Crippen LogP) is 4.14. The molecule has 3 aromatic rings. The first-order chi connectivity index (χ1) is 15.3. The highest BCUT2D eigenvalue weighted by molar-refractivity contribution is 7.89. The summed E-state index contributed by atoms with van der Waals surface area (Å²) in [7, 11) is -3.54. The zero-order valence-corrected chi connectivity index (χ0v) is 19.9. The first-order valence-electron chi connectivity index (χ1n) is 10.7. The largest absolute Gasteiger partial charge is 0.350 e. The lowest BCUT2D eigenvalue weighted by molar-refractivity contribution is -0.126. The van der Waals surface area contributed by atoms with E-state index in [0.717, 1.165) is 27.4 Å². The second-order valence-electron chi connectivity index (χ2n) is 8.23. The number of sulfonamides is 1. The van der Waals surface area contributed by atoms with Crippen molar-refractivity contribution in [2.75, 3.05) is 13.1 Å². The fourth-order valence-corrected chi connectivity index (χ4v) is 6.50. The normalized spacial score (nSPS) is 15.6. The molecule has 1 fully saturated rings. The number of rotatable bonds is 6. The molecule has 2 aromatic carbocycles. The highest BCUT2D eigenvalue weighted by atomic mass is 32.2. The zero-order chi connectivity index (χ0) is 22.7. The van der Waals surface area contributed by atoms with Gasteiger partial charge < -0.3 is 5.32 Å². The van der Waals surface area contributed by atoms with E-state index in [1.165, 1.54) is 4.31 Å². The Morgan fingerprint density at radius 3 is 2.41 bits per heavy atom. The van der Waals surface area contributed by atoms with Gasteiger partial charge >= 0.3 is 0 Å². The average Bonchev–Trinajstić information content (AvgIpc) is 3.27. The van der Waals surface area contributed by atoms with Crippen LogP contribution in [0.25, 0.3) is 10.6 Å². The van der Waals surface area contributed by atoms with Crippen molar-refractivity contribution in [1.82, 2.24) is 14.6 Å². The maximum absolute atomic E-state index is 13.0. The third-order valence-corrected chi connectivity index (χ3v) is 8.49. The van der Waals surface area contributed by atoms with Crippen LogP contribution in [0.3, 0.4) is 0 Å². The molecule has 0 radical (unpaired) electrons. The highest BCUT2D eigenvalue weighted by Gasteiger charge is 2.32. The minimum atomic E-state index is -3.54. The SMILES string of the molecule is Cc1cc(C)cc(S(=O)(=O)N2CCC(C(=O)NCc3csc(-c4ccccc4)n3)CC2)c1. The number of aryl methyl sites for hydroxylation is 2. The second-order valence-corrected chi connectivity index (χ2v) is 11.0. The van der Waals surface area contributed by atoms with E-state index in [-0.39, 0.29) is 11.8 Å². The van der Waals surface area contributed by atoms with Gasteiger partial charge in [-0.25, -0.2) is 13.4 Å². The minimum Gasteiger partial charge on any atom is -0.350 e. The maximum Gasteiger partial charge on any atom is 0.243 e. The Morgan fingerprint density at radius 1 is 1.09 bits per heavy atom. The lowest BCUT2D eigenvalue weighted by Gasteiger charge is -2.30. The molecule has 1 aliphatic rings. The van der Waals surface area contributed by atoms with Crippen molar-refractivity contribution in [2.24, 2.45) is 5.92 Å². The third-order valence-electron chi connectivity index (χ3n) is 5.67. The number of carbonyl (C=O) groups is 1. The zero-order valence-electron chi connectivity index (χ0n) is 18.2. The lowest BCUT2D eigenvalue weighted by atomic mass is 9.97. The van der Waals surface area contributed by atoms with Gasteiger partial charge in [-0.1, -0.05) is 36.4 Å². The Hall–Kier alpha value is -2.55. The van der Waals surface area contributed by atoms with E-state index in [2.05, 4.69) is 10.3 Å². The molecule has 2 heterocycles. The maximum atomic E-state index is 13.0. The molecule has 0 bridgehead atoms. The van der Waals surface area contributed by atoms with E-state index in [9.17, 15) is 13.2 Å². The minimum absolute atomic E-state index is 0.0392. The predicted molar refractivity (Wildman–Crippen MR) is 127 cm³/mol. The van der Waals surface area contributed by atoms with Crippen molar-refractivity contribution in [1.29, 1.82) is 0 Å². The molecule has 1 aliphatic heterocycles. The molecule has 1 saturated heterocycles. The number of thiazole rings is 1. The number of nitrogens with zero attached hydrogens (tertiary/aromatic N) is 2. The average molecular weight is 470 g/mol. The molecule has 1 aromatic heterocycles. The van der Waals surface area contributed by atoms with Crippen molar-refractivity contribution in [3.63, 3.8) is 0 Å². The molecule has 4 rings (SSSR count). The number of benzene rings is 2. The Labute approximate surface area is 193 Å². The fourth-order valence-electron chi connectivity index (χ4n) is 4.01. The number of amides is 1. The van der Waals surface area contributed by atoms with Crippen LogP contribution in [0.1, 0.15) is 29.7 Å². The standard InChI is InChI=1S/C24H27N3O3S2/c1-17-12-18(2)14-22(13-17)32(29,30)27-10-8-19(9-11-27)23(28)25-15-21-16-31-24(26-21)20-6-4-3-5-7-20/h3-7,12-14,16,19H,8-11,15H2,1-2H3,(H,25,28). The van der Waals surface area contributed by atoms with Crippen molar-refractivity contribution in [3.05, 3.63) is 70.7 Å². The summed E-state index contributed by atoms with van der Waals surface area (Å²) in [5.74, 6) is -0.226. The molecule has 0 atom stereocenters. The van der Waals surface area contributed by atoms with Crippen LogP contribution in [0.5, 0.6) is 0 Å². The van der Waals surface area contributed by atoms with Crippen LogP contribution in [-0.4, -0.2) is 36.7 Å². The summed E-state index contributed by atoms with van der Waals surface area (Å²) in [4.78, 5) is 17.6. The number of piperidine rings is 1. The van der Waals surface area contributed by atoms with Crippen LogP contribution in [0, 0.1) is 19.8 Å². The Kier molecular flexibility index (Phi) is 6.74. The van der Waals surface area contributed by atoms with E-state index in [0.29, 0.717) is 37.4 Å². The van der Waals surface area contributed by atoms with E-state index >= 15 is 0 Å². The van der Waals surface area contributed by atoms with Crippen LogP contribution >= 0.6 is 11.3 Å². The fraction of sp³-hybridized carbons (Fsp3) is 0.333. The van der Waals surface area contributed by atoms with Gasteiger partial charge in [0.1, 0.15) is 5.01 Å². The summed E-state index contributed by atoms with van der Waals surface area (Å²) in [6, 6.07) is 15.3. The smallest absolute Gasteiger partial charge is 0.243 e. The molecule has 0 spiro atoms. The Balaban J connectivity index is 1.31. The highest BCUT2D eigenvalue weighted by Crippen LogP contribution is 2.26. The van der Waals surface area contributed by atoms with Gasteiger partial charge in [0.05, 0.1) is 17.1 Å². The number of aromatic nitrogens is 1. The van der Waals surface area contributed by atoms with Crippen LogP contribution in [0.2, 0.25) is 0 Å². The van der Waals surface area contributed by atoms with Gasteiger partial charge in [0.15, 0.2) is 0 Å². The van der Waals surface area contributed by atoms with Crippen LogP contribution in [-0.2, 0) is 21.4 Å². The molecule has 0 unspecified atom stereocenters. The van der Waals surface area contributed by atoms with Gasteiger partial charge in [-0.05, 0) is 49.9 Å². The number of hydrogen-bond acceptors (Lipinski definition) is 5. The van der Waals surface area contributed by atoms with Gasteiger partial charge in [0.2, 0.25) is 15.9 Å². The van der Waals surface area contributed by atoms with Gasteiger partial charge in [-0.2, -0.15) is 4.31 Å². The summed E-state index contributed by atoms with van der Waals surface area (Å²) < 4.78 is 27.5. The van der Waals surface area contributed by atoms with Gasteiger partial charge in [0.25, 0.3) is 0 Å². The number of carbonyl (C=O) groups excluding carboxylic acids is 1. The van der Waals surface area contributed by atoms with Crippen LogP contribution in [0.15, 0.2) is 58.8 Å². The molecule has 32 heavy (non-hydrogen) atoms. The molecular weight excluding hydrogens is 442 g/mol. The number of nitrogens with one attached hydrogen (secondary N) is 1. The summed E-state index contributed by atoms with van der Waals surface area (Å²) in [6.07, 6.45) is 1.03. The molecular formula is C24H27N3O3S2. The lowest BCUT2D eigenvalue weighted by Crippen LogP contribution is -2.42. The van der Waals surface area contributed by atoms with Gasteiger partial charge in [0, 0.05) is 30.0 Å². The van der Waals surface area contributed by atoms with E-state index in [4.69, 9.17) is 0 Å². The molecule has 6 nitrogen and oxygen atoms in total. The van der Waals surface area contributed by atoms with Crippen LogP contribution in [0.4, 0.5) is 0 Å². The second kappa shape index (κ2) is 9.52. The van der Waals surface area contributed by atoms with Crippen molar-refractivity contribution in [3.8, 4) is 10.6 Å². The summed E-state index contributed by atoms with van der Waals surface area (Å²) in [5.41, 5.74) is 3.75. The molecule has 0 saturated carbocycles. The van der Waals surface area contributed by atoms with Crippen molar-refractivity contribution in [2.45, 2.75) is 38.1 Å². The first-order valence-corrected chi connectivity index (χ1v) is 13.0. The van der Waals surface area contributed by atoms with Gasteiger partial charge in [-0.3, -0.25) is 4.79 Å². The number of hydrogen-bond donors (Lipinski definition) is 1. The monoisotopic (exact) mass is 469 g/mol. The van der Waals surface area contributed by atoms with E-state index in [1.54, 1.807) is 23.5 Å². The molecule has 0 aliphatic carbocycles. The van der Waals surface area contributed by atoms with Crippen molar-refractivity contribution >= 4 is 27.3 Å². The molecule has 1 amide bonds. The van der Waals surface area contributed by atoms with Crippen molar-refractivity contribution < 1.29 is 13.2 Å². The van der Waals surface area contributed by atoms with Crippen LogP contribution < -0.4 is 5.32 Å². The topological polar surface area (TPSA) is 79.4 Å². The van der Waals surface area contributed by atoms with E-state index in [1.807, 2.05) is 55.6 Å². The summed E-state index contributed by atoms with van der Waals surface area (Å²) in [6.45, 7) is 4.87. The molecule has 1 N–H and O–H groups in total. The van der Waals surface area contributed by atoms with E-state index < -0.39 is 10.0 Å². The Morgan fingerprint density at radius 2 is 1.75 bits per heavy atom. The summed E-state index contributed by atoms with van der Waals surface area (Å²) in [5, 5.41) is 5.86. The first kappa shape index (κ1) is 22.6. The van der Waals surface area contributed by atoms with Gasteiger partial charge in [-0.15, -0.1) is 11.3 Å².